The molecule has 0 aliphatic rings. The zero-order valence-corrected chi connectivity index (χ0v) is 11.0. The Kier molecular flexibility index (Phi) is 3.01. The van der Waals surface area contributed by atoms with Gasteiger partial charge in [-0.15, -0.1) is 0 Å². The van der Waals surface area contributed by atoms with Crippen LogP contribution in [0.15, 0.2) is 47.5 Å². The molecule has 0 N–H and O–H groups in total. The number of fused-ring (bicyclic) bond motifs is 1. The minimum atomic E-state index is -0.0182. The third kappa shape index (κ3) is 1.97. The van der Waals surface area contributed by atoms with Crippen LogP contribution in [0.3, 0.4) is 0 Å². The molecule has 0 saturated carbocycles. The van der Waals surface area contributed by atoms with Crippen LogP contribution in [0.4, 0.5) is 0 Å². The molecule has 0 bridgehead atoms. The van der Waals surface area contributed by atoms with Crippen molar-refractivity contribution in [1.29, 1.82) is 0 Å². The Labute approximate surface area is 103 Å². The molecule has 88 valence electrons. The van der Waals surface area contributed by atoms with Gasteiger partial charge in [0, 0.05) is 18.2 Å². The summed E-state index contributed by atoms with van der Waals surface area (Å²) in [6, 6.07) is 15.0. The molecule has 0 radical (unpaired) electrons. The van der Waals surface area contributed by atoms with Crippen LogP contribution >= 0.6 is 0 Å². The predicted octanol–water partition coefficient (Wildman–Crippen LogP) is 4.21. The number of aliphatic imine (C=N–C) groups is 1. The number of hydrogen-bond acceptors (Lipinski definition) is 1. The molecule has 2 aromatic rings. The third-order valence-corrected chi connectivity index (χ3v) is 3.70. The quantitative estimate of drug-likeness (QED) is 0.679. The molecular formula is C16H19N. The molecular weight excluding hydrogens is 206 g/mol. The summed E-state index contributed by atoms with van der Waals surface area (Å²) in [4.78, 5) is 4.36. The molecule has 0 aliphatic heterocycles. The lowest BCUT2D eigenvalue weighted by Crippen LogP contribution is -2.27. The first-order valence-corrected chi connectivity index (χ1v) is 5.99. The highest BCUT2D eigenvalue weighted by molar-refractivity contribution is 5.97. The molecule has 0 aliphatic carbocycles. The van der Waals surface area contributed by atoms with Crippen molar-refractivity contribution in [2.24, 2.45) is 4.99 Å². The second kappa shape index (κ2) is 4.33. The molecule has 2 aromatic carbocycles. The van der Waals surface area contributed by atoms with Crippen LogP contribution in [0.25, 0.3) is 10.8 Å². The molecule has 0 unspecified atom stereocenters. The molecule has 1 heteroatoms. The van der Waals surface area contributed by atoms with Gasteiger partial charge in [-0.2, -0.15) is 0 Å². The largest absolute Gasteiger partial charge is 0.297 e. The molecule has 0 atom stereocenters. The van der Waals surface area contributed by atoms with E-state index in [-0.39, 0.29) is 5.41 Å². The van der Waals surface area contributed by atoms with E-state index < -0.39 is 0 Å². The van der Waals surface area contributed by atoms with E-state index in [4.69, 9.17) is 0 Å². The number of benzene rings is 2. The van der Waals surface area contributed by atoms with Crippen molar-refractivity contribution in [2.45, 2.75) is 26.2 Å². The third-order valence-electron chi connectivity index (χ3n) is 3.70. The van der Waals surface area contributed by atoms with E-state index in [1.54, 1.807) is 0 Å². The highest BCUT2D eigenvalue weighted by atomic mass is 14.7. The van der Waals surface area contributed by atoms with Crippen molar-refractivity contribution < 1.29 is 0 Å². The first-order valence-electron chi connectivity index (χ1n) is 5.99. The fraction of sp³-hybridized carbons (Fsp3) is 0.312. The Balaban J connectivity index is 2.71. The zero-order valence-electron chi connectivity index (χ0n) is 11.0. The monoisotopic (exact) mass is 225 g/mol. The Hall–Kier alpha value is -1.63. The molecule has 1 nitrogen and oxygen atoms in total. The molecule has 0 saturated heterocycles. The Morgan fingerprint density at radius 1 is 1.00 bits per heavy atom. The van der Waals surface area contributed by atoms with Crippen LogP contribution in [-0.2, 0) is 5.41 Å². The maximum absolute atomic E-state index is 4.36. The van der Waals surface area contributed by atoms with E-state index in [9.17, 15) is 0 Å². The van der Waals surface area contributed by atoms with Gasteiger partial charge in [0.25, 0.3) is 0 Å². The van der Waals surface area contributed by atoms with Gasteiger partial charge in [0.1, 0.15) is 0 Å². The van der Waals surface area contributed by atoms with E-state index >= 15 is 0 Å². The van der Waals surface area contributed by atoms with Gasteiger partial charge >= 0.3 is 0 Å². The first-order chi connectivity index (χ1) is 8.07. The fourth-order valence-electron chi connectivity index (χ4n) is 2.24. The normalized spacial score (nSPS) is 13.1. The lowest BCUT2D eigenvalue weighted by Gasteiger charge is -2.26. The highest BCUT2D eigenvalue weighted by Crippen LogP contribution is 2.31. The minimum Gasteiger partial charge on any atom is -0.297 e. The van der Waals surface area contributed by atoms with Gasteiger partial charge in [-0.1, -0.05) is 56.3 Å². The predicted molar refractivity (Wildman–Crippen MR) is 76.0 cm³/mol. The van der Waals surface area contributed by atoms with Crippen molar-refractivity contribution in [3.8, 4) is 0 Å². The summed E-state index contributed by atoms with van der Waals surface area (Å²) in [6.45, 7) is 6.57. The van der Waals surface area contributed by atoms with Gasteiger partial charge in [-0.25, -0.2) is 0 Å². The summed E-state index contributed by atoms with van der Waals surface area (Å²) in [6.07, 6.45) is 0. The van der Waals surface area contributed by atoms with Gasteiger partial charge in [-0.3, -0.25) is 4.99 Å². The number of nitrogens with zero attached hydrogens (tertiary/aromatic N) is 1. The number of hydrogen-bond donors (Lipinski definition) is 0. The van der Waals surface area contributed by atoms with Crippen molar-refractivity contribution in [3.05, 3.63) is 48.0 Å². The second-order valence-electron chi connectivity index (χ2n) is 4.96. The highest BCUT2D eigenvalue weighted by Gasteiger charge is 2.25. The number of rotatable bonds is 2. The Morgan fingerprint density at radius 3 is 2.35 bits per heavy atom. The standard InChI is InChI=1S/C16H19N/c1-12(17-4)16(2,3)15-11-7-9-13-8-5-6-10-14(13)15/h5-11H,1-4H3. The van der Waals surface area contributed by atoms with Crippen LogP contribution in [0.5, 0.6) is 0 Å². The van der Waals surface area contributed by atoms with E-state index in [2.05, 4.69) is 68.2 Å². The van der Waals surface area contributed by atoms with E-state index in [0.29, 0.717) is 0 Å². The van der Waals surface area contributed by atoms with Crippen LogP contribution < -0.4 is 0 Å². The topological polar surface area (TPSA) is 12.4 Å². The van der Waals surface area contributed by atoms with Crippen LogP contribution in [0.1, 0.15) is 26.3 Å². The molecule has 0 aromatic heterocycles. The van der Waals surface area contributed by atoms with Crippen LogP contribution in [-0.4, -0.2) is 12.8 Å². The SMILES string of the molecule is CN=C(C)C(C)(C)c1cccc2ccccc12. The minimum absolute atomic E-state index is 0.0182. The molecule has 0 amide bonds. The maximum Gasteiger partial charge on any atom is 0.0278 e. The second-order valence-corrected chi connectivity index (χ2v) is 4.96. The summed E-state index contributed by atoms with van der Waals surface area (Å²) < 4.78 is 0. The van der Waals surface area contributed by atoms with E-state index in [1.165, 1.54) is 16.3 Å². The molecule has 2 rings (SSSR count). The van der Waals surface area contributed by atoms with Crippen LogP contribution in [0.2, 0.25) is 0 Å². The van der Waals surface area contributed by atoms with E-state index in [1.807, 2.05) is 7.05 Å². The summed E-state index contributed by atoms with van der Waals surface area (Å²) in [5.74, 6) is 0. The summed E-state index contributed by atoms with van der Waals surface area (Å²) >= 11 is 0. The van der Waals surface area contributed by atoms with Crippen molar-refractivity contribution >= 4 is 16.5 Å². The molecule has 0 fully saturated rings. The van der Waals surface area contributed by atoms with Gasteiger partial charge in [0.15, 0.2) is 0 Å². The average Bonchev–Trinajstić information content (AvgIpc) is 2.37. The first kappa shape index (κ1) is 11.8. The smallest absolute Gasteiger partial charge is 0.0278 e. The average molecular weight is 225 g/mol. The molecule has 17 heavy (non-hydrogen) atoms. The molecule has 0 heterocycles. The van der Waals surface area contributed by atoms with Gasteiger partial charge in [0.05, 0.1) is 0 Å². The molecule has 0 spiro atoms. The van der Waals surface area contributed by atoms with E-state index in [0.717, 1.165) is 5.71 Å². The van der Waals surface area contributed by atoms with Gasteiger partial charge in [-0.05, 0) is 23.3 Å². The zero-order chi connectivity index (χ0) is 12.5. The Morgan fingerprint density at radius 2 is 1.65 bits per heavy atom. The summed E-state index contributed by atoms with van der Waals surface area (Å²) in [5.41, 5.74) is 2.49. The lowest BCUT2D eigenvalue weighted by atomic mass is 9.78. The van der Waals surface area contributed by atoms with Crippen molar-refractivity contribution in [1.82, 2.24) is 0 Å². The summed E-state index contributed by atoms with van der Waals surface area (Å²) in [5, 5.41) is 2.62. The van der Waals surface area contributed by atoms with Crippen molar-refractivity contribution in [2.75, 3.05) is 7.05 Å². The van der Waals surface area contributed by atoms with Gasteiger partial charge < -0.3 is 0 Å². The Bertz CT molecular complexity index is 559. The maximum atomic E-state index is 4.36. The lowest BCUT2D eigenvalue weighted by molar-refractivity contribution is 0.719. The fourth-order valence-corrected chi connectivity index (χ4v) is 2.24. The van der Waals surface area contributed by atoms with Gasteiger partial charge in [0.2, 0.25) is 0 Å². The van der Waals surface area contributed by atoms with Crippen LogP contribution in [0, 0.1) is 0 Å². The summed E-state index contributed by atoms with van der Waals surface area (Å²) in [7, 11) is 1.86. The van der Waals surface area contributed by atoms with Crippen molar-refractivity contribution in [3.63, 3.8) is 0 Å².